The van der Waals surface area contributed by atoms with Gasteiger partial charge in [-0.15, -0.1) is 5.10 Å². The number of aliphatic imine (C=N–C) groups is 1. The Morgan fingerprint density at radius 2 is 1.31 bits per heavy atom. The van der Waals surface area contributed by atoms with Gasteiger partial charge in [-0.05, 0) is 143 Å². The van der Waals surface area contributed by atoms with Crippen molar-refractivity contribution in [2.24, 2.45) is 27.7 Å². The molecule has 22 heteroatoms. The highest BCUT2D eigenvalue weighted by Crippen LogP contribution is 2.58. The molecule has 1 unspecified atom stereocenters. The number of anilines is 2. The average molecular weight is 1350 g/mol. The van der Waals surface area contributed by atoms with Crippen LogP contribution in [0.1, 0.15) is 168 Å². The molecule has 520 valence electrons. The van der Waals surface area contributed by atoms with Crippen LogP contribution in [0.25, 0.3) is 22.5 Å². The maximum atomic E-state index is 14.5. The van der Waals surface area contributed by atoms with Gasteiger partial charge in [-0.1, -0.05) is 85.8 Å². The molecule has 0 radical (unpaired) electrons. The van der Waals surface area contributed by atoms with Gasteiger partial charge in [0.05, 0.1) is 86.0 Å². The zero-order valence-corrected chi connectivity index (χ0v) is 57.6. The molecule has 5 aliphatic heterocycles. The van der Waals surface area contributed by atoms with Crippen LogP contribution >= 0.6 is 0 Å². The lowest BCUT2D eigenvalue weighted by Gasteiger charge is -2.31. The fourth-order valence-corrected chi connectivity index (χ4v) is 14.9. The lowest BCUT2D eigenvalue weighted by Crippen LogP contribution is -2.50. The van der Waals surface area contributed by atoms with E-state index in [4.69, 9.17) is 28.7 Å². The van der Waals surface area contributed by atoms with Crippen LogP contribution in [0.3, 0.4) is 0 Å². The van der Waals surface area contributed by atoms with Gasteiger partial charge in [0, 0.05) is 80.2 Å². The van der Waals surface area contributed by atoms with E-state index < -0.39 is 30.3 Å². The normalized spacial score (nSPS) is 19.3. The molecular weight excluding hydrogens is 1260 g/mol. The van der Waals surface area contributed by atoms with E-state index in [-0.39, 0.29) is 120 Å². The van der Waals surface area contributed by atoms with E-state index in [2.05, 4.69) is 29.5 Å². The Balaban J connectivity index is 0.580. The van der Waals surface area contributed by atoms with Crippen LogP contribution < -0.4 is 34.1 Å². The Kier molecular flexibility index (Phi) is 19.6. The second-order valence-electron chi connectivity index (χ2n) is 28.8. The predicted octanol–water partition coefficient (Wildman–Crippen LogP) is 12.0. The summed E-state index contributed by atoms with van der Waals surface area (Å²) in [5, 5.41) is 24.2. The zero-order valence-electron chi connectivity index (χ0n) is 57.6. The van der Waals surface area contributed by atoms with Crippen LogP contribution in [0.2, 0.25) is 0 Å². The van der Waals surface area contributed by atoms with Crippen molar-refractivity contribution in [2.45, 2.75) is 174 Å². The molecular formula is C77H89N9O13. The summed E-state index contributed by atoms with van der Waals surface area (Å²) in [5.41, 5.74) is 7.94. The molecule has 13 rings (SSSR count). The molecule has 5 amide bonds. The van der Waals surface area contributed by atoms with Crippen molar-refractivity contribution in [3.8, 4) is 45.5 Å². The first kappa shape index (κ1) is 68.1. The summed E-state index contributed by atoms with van der Waals surface area (Å²) in [6.07, 6.45) is 8.60. The third kappa shape index (κ3) is 14.1. The van der Waals surface area contributed by atoms with Crippen molar-refractivity contribution in [1.82, 2.24) is 30.1 Å². The van der Waals surface area contributed by atoms with Crippen LogP contribution in [-0.4, -0.2) is 142 Å². The summed E-state index contributed by atoms with van der Waals surface area (Å²) >= 11 is 0. The third-order valence-corrected chi connectivity index (χ3v) is 21.1. The lowest BCUT2D eigenvalue weighted by atomic mass is 9.88. The van der Waals surface area contributed by atoms with Gasteiger partial charge in [0.1, 0.15) is 18.1 Å². The van der Waals surface area contributed by atoms with Gasteiger partial charge >= 0.3 is 6.09 Å². The quantitative estimate of drug-likeness (QED) is 0.0479. The fourth-order valence-electron chi connectivity index (χ4n) is 14.9. The second kappa shape index (κ2) is 28.4. The molecule has 2 N–H and O–H groups in total. The van der Waals surface area contributed by atoms with Crippen molar-refractivity contribution in [1.29, 1.82) is 0 Å². The summed E-state index contributed by atoms with van der Waals surface area (Å²) in [7, 11) is 3.04. The monoisotopic (exact) mass is 1350 g/mol. The van der Waals surface area contributed by atoms with E-state index in [1.165, 1.54) is 7.11 Å². The number of aliphatic hydroxyl groups excluding tert-OH is 1. The molecule has 6 heterocycles. The minimum absolute atomic E-state index is 0.000405. The van der Waals surface area contributed by atoms with E-state index in [9.17, 15) is 38.7 Å². The number of Topliss-reactive ketones (excluding diaryl/α,β-unsaturated/α-hetero) is 2. The van der Waals surface area contributed by atoms with E-state index in [0.29, 0.717) is 97.1 Å². The molecule has 0 bridgehead atoms. The van der Waals surface area contributed by atoms with Gasteiger partial charge in [0.2, 0.25) is 11.8 Å². The number of aromatic nitrogens is 3. The Morgan fingerprint density at radius 3 is 2.01 bits per heavy atom. The Bertz CT molecular complexity index is 4140. The average Bonchev–Trinajstić information content (AvgIpc) is 1.60. The highest BCUT2D eigenvalue weighted by Gasteiger charge is 2.58. The number of benzene rings is 5. The van der Waals surface area contributed by atoms with Crippen LogP contribution in [0.4, 0.5) is 21.9 Å². The summed E-state index contributed by atoms with van der Waals surface area (Å²) in [6, 6.07) is 27.9. The number of hydrogen-bond donors (Lipinski definition) is 2. The molecule has 1 aromatic heterocycles. The Hall–Kier alpha value is -9.44. The molecule has 2 aliphatic carbocycles. The molecule has 2 spiro atoms. The van der Waals surface area contributed by atoms with Crippen molar-refractivity contribution in [3.05, 3.63) is 125 Å². The molecule has 99 heavy (non-hydrogen) atoms. The van der Waals surface area contributed by atoms with Crippen LogP contribution in [0.15, 0.2) is 102 Å². The maximum absolute atomic E-state index is 14.5. The van der Waals surface area contributed by atoms with Crippen molar-refractivity contribution in [2.75, 3.05) is 50.3 Å². The number of unbranched alkanes of at least 4 members (excludes halogenated alkanes) is 3. The number of para-hydroxylation sites is 1. The summed E-state index contributed by atoms with van der Waals surface area (Å²) in [6.45, 7) is 11.5. The van der Waals surface area contributed by atoms with Crippen LogP contribution in [0.5, 0.6) is 23.0 Å². The molecule has 7 aliphatic rings. The number of fused-ring (bicyclic) bond motifs is 9. The number of methoxy groups -OCH3 is 2. The molecule has 22 nitrogen and oxygen atoms in total. The fraction of sp³-hybridized carbons (Fsp3) is 0.481. The number of ether oxygens (including phenoxy) is 5. The van der Waals surface area contributed by atoms with E-state index in [0.717, 1.165) is 78.0 Å². The molecule has 2 saturated heterocycles. The van der Waals surface area contributed by atoms with Crippen molar-refractivity contribution < 1.29 is 62.4 Å². The standard InChI is InChI=1S/C77H89N9O13/c1-46(2)56(34-53(87)18-10-14-22-68(89)82-42-51-17-9-11-19-54(51)70-69(80-81-86(70)47(3)4)55-20-12-13-21-60(55)82)71(90)79-48(5)63(88)33-49-23-25-50(26-24-49)43-99-75(94)85-61-38-67(65(96-7)36-58(61)73(92)84-45-77(29-30-77)40-62(84)74(85)93)98-32-16-8-15-31-97-66-37-59-57(35-64(66)95-6)72(91)83-44-76(27-28-76)39-52(83)41-78-59/h9,11-13,17,19-21,23-26,35-38,41,46-48,52,56,62,74,93H,8,10,14-16,18,22,27-34,39-40,42-45H2,1-7H3,(H,79,90)/t48-,52-,56-,62-,74?/m0/s1. The first-order chi connectivity index (χ1) is 47.7. The van der Waals surface area contributed by atoms with Crippen LogP contribution in [-0.2, 0) is 43.5 Å². The van der Waals surface area contributed by atoms with Crippen molar-refractivity contribution in [3.63, 3.8) is 0 Å². The Labute approximate surface area is 577 Å². The largest absolute Gasteiger partial charge is 0.493 e. The highest BCUT2D eigenvalue weighted by molar-refractivity contribution is 6.07. The van der Waals surface area contributed by atoms with Crippen molar-refractivity contribution >= 4 is 64.6 Å². The molecule has 4 fully saturated rings. The first-order valence-electron chi connectivity index (χ1n) is 35.1. The first-order valence-corrected chi connectivity index (χ1v) is 35.1. The number of carbonyl (C=O) groups is 7. The number of amides is 5. The topological polar surface area (TPSA) is 254 Å². The molecule has 5 atom stereocenters. The predicted molar refractivity (Wildman–Crippen MR) is 372 cm³/mol. The third-order valence-electron chi connectivity index (χ3n) is 21.1. The maximum Gasteiger partial charge on any atom is 0.416 e. The van der Waals surface area contributed by atoms with E-state index in [1.807, 2.05) is 78.2 Å². The summed E-state index contributed by atoms with van der Waals surface area (Å²) in [4.78, 5) is 109. The van der Waals surface area contributed by atoms with Gasteiger partial charge in [-0.3, -0.25) is 33.8 Å². The van der Waals surface area contributed by atoms with E-state index >= 15 is 0 Å². The van der Waals surface area contributed by atoms with Gasteiger partial charge in [-0.25, -0.2) is 14.4 Å². The van der Waals surface area contributed by atoms with Gasteiger partial charge in [0.15, 0.2) is 35.0 Å². The second-order valence-corrected chi connectivity index (χ2v) is 28.8. The Morgan fingerprint density at radius 1 is 0.677 bits per heavy atom. The molecule has 2 saturated carbocycles. The number of nitrogens with one attached hydrogen (secondary N) is 1. The minimum atomic E-state index is -1.44. The summed E-state index contributed by atoms with van der Waals surface area (Å²) < 4.78 is 31.8. The zero-order chi connectivity index (χ0) is 69.4. The smallest absolute Gasteiger partial charge is 0.416 e. The SMILES string of the molecule is COc1cc2c(cc1OCCCCCOc1cc3c(cc1OC)C(=O)N1CC4(CC4)C[C@H]1C(O)N3C(=O)OCc1ccc(CC(=O)[C@H](C)NC(=O)[C@@H](CC(=O)CCCCC(=O)N3Cc4ccccc4-c4c(nnn4C(C)C)-c4ccccc43)C(C)C)cc1)N=C[C@@H]1CC3(CC3)CN1C2=O. The number of hydrogen-bond acceptors (Lipinski definition) is 16. The van der Waals surface area contributed by atoms with Gasteiger partial charge in [-0.2, -0.15) is 0 Å². The number of ketones is 2. The lowest BCUT2D eigenvalue weighted by molar-refractivity contribution is -0.133. The number of aliphatic hydroxyl groups is 1. The number of rotatable bonds is 26. The van der Waals surface area contributed by atoms with Gasteiger partial charge in [0.25, 0.3) is 11.8 Å². The van der Waals surface area contributed by atoms with Gasteiger partial charge < -0.3 is 48.8 Å². The molecule has 5 aromatic carbocycles. The van der Waals surface area contributed by atoms with Crippen LogP contribution in [0, 0.1) is 22.7 Å². The van der Waals surface area contributed by atoms with E-state index in [1.54, 1.807) is 72.4 Å². The number of nitrogens with zero attached hydrogens (tertiary/aromatic N) is 8. The summed E-state index contributed by atoms with van der Waals surface area (Å²) in [5.74, 6) is -0.461. The number of carbonyl (C=O) groups excluding carboxylic acids is 7. The minimum Gasteiger partial charge on any atom is -0.493 e. The molecule has 6 aromatic rings. The highest BCUT2D eigenvalue weighted by atomic mass is 16.6.